The smallest absolute Gasteiger partial charge is 0.227 e. The van der Waals surface area contributed by atoms with Gasteiger partial charge in [-0.05, 0) is 79.7 Å². The van der Waals surface area contributed by atoms with Crippen molar-refractivity contribution in [2.75, 3.05) is 6.54 Å². The number of hydrogen-bond acceptors (Lipinski definition) is 5. The number of ketones is 2. The van der Waals surface area contributed by atoms with Gasteiger partial charge < -0.3 is 19.7 Å². The molecule has 0 spiro atoms. The zero-order valence-electron chi connectivity index (χ0n) is 23.8. The summed E-state index contributed by atoms with van der Waals surface area (Å²) in [6.45, 7) is 2.20. The number of carbonyl (C=O) groups is 3. The van der Waals surface area contributed by atoms with Crippen LogP contribution in [0.1, 0.15) is 55.7 Å². The predicted molar refractivity (Wildman–Crippen MR) is 157 cm³/mol. The fourth-order valence-electron chi connectivity index (χ4n) is 8.88. The number of ether oxygens (including phenoxy) is 1. The molecule has 3 fully saturated rings. The number of Topliss-reactive ketones (excluding diaryl/α,β-unsaturated/α-hetero) is 2. The average molecular weight is 565 g/mol. The minimum Gasteiger partial charge on any atom is -0.363 e. The van der Waals surface area contributed by atoms with Gasteiger partial charge in [0.2, 0.25) is 5.91 Å². The lowest BCUT2D eigenvalue weighted by Gasteiger charge is -2.47. The third-order valence-electron chi connectivity index (χ3n) is 10.8. The number of rotatable bonds is 5. The molecule has 7 atom stereocenters. The number of nitrogens with zero attached hydrogens (tertiary/aromatic N) is 1. The van der Waals surface area contributed by atoms with Crippen molar-refractivity contribution >= 4 is 33.9 Å². The normalized spacial score (nSPS) is 35.1. The first-order valence-corrected chi connectivity index (χ1v) is 15.4. The van der Waals surface area contributed by atoms with Crippen LogP contribution in [0.4, 0.5) is 0 Å². The molecule has 5 aliphatic rings. The quantitative estimate of drug-likeness (QED) is 0.471. The molecule has 7 nitrogen and oxygen atoms in total. The zero-order valence-corrected chi connectivity index (χ0v) is 23.8. The molecular weight excluding hydrogens is 528 g/mol. The number of fused-ring (bicyclic) bond motifs is 5. The van der Waals surface area contributed by atoms with E-state index in [0.29, 0.717) is 25.3 Å². The molecule has 3 saturated heterocycles. The SMILES string of the molecule is C[C@@]1(CC(=O)[C@@H]2C=C3c4cccc5[nH]cc(c45)C[C@H]3CC2)O[C@]2(O)C(C1=O)[C@@H](Cc1ccccc1)C(=O)N1CCCC12. The van der Waals surface area contributed by atoms with E-state index in [1.807, 2.05) is 30.3 Å². The highest BCUT2D eigenvalue weighted by atomic mass is 16.7. The van der Waals surface area contributed by atoms with Gasteiger partial charge in [0.25, 0.3) is 0 Å². The summed E-state index contributed by atoms with van der Waals surface area (Å²) in [7, 11) is 0. The maximum absolute atomic E-state index is 14.3. The molecule has 1 aromatic heterocycles. The van der Waals surface area contributed by atoms with Crippen molar-refractivity contribution < 1.29 is 24.2 Å². The third-order valence-corrected chi connectivity index (χ3v) is 10.8. The molecule has 1 amide bonds. The number of aliphatic hydroxyl groups is 1. The molecule has 42 heavy (non-hydrogen) atoms. The molecule has 216 valence electrons. The Bertz CT molecular complexity index is 1660. The topological polar surface area (TPSA) is 99.7 Å². The summed E-state index contributed by atoms with van der Waals surface area (Å²) in [5.74, 6) is -3.92. The van der Waals surface area contributed by atoms with E-state index in [2.05, 4.69) is 35.5 Å². The molecule has 2 aromatic carbocycles. The molecule has 2 unspecified atom stereocenters. The van der Waals surface area contributed by atoms with E-state index < -0.39 is 29.3 Å². The van der Waals surface area contributed by atoms with Gasteiger partial charge in [0.15, 0.2) is 11.6 Å². The fourth-order valence-corrected chi connectivity index (χ4v) is 8.88. The highest BCUT2D eigenvalue weighted by molar-refractivity contribution is 6.02. The van der Waals surface area contributed by atoms with Crippen molar-refractivity contribution in [2.45, 2.75) is 69.3 Å². The van der Waals surface area contributed by atoms with Crippen molar-refractivity contribution in [2.24, 2.45) is 23.7 Å². The molecule has 0 bridgehead atoms. The Morgan fingerprint density at radius 3 is 2.76 bits per heavy atom. The molecule has 0 radical (unpaired) electrons. The standard InChI is InChI=1S/C35H36N2O5/c1-34(18-28(38)22-13-12-21-16-23-19-36-27-10-5-9-24(30(23)27)25(21)17-22)32(39)31-26(15-20-7-3-2-4-8-20)33(40)37-14-6-11-29(37)35(31,41)42-34/h2-5,7-10,17,19,21-22,26,29,31,36,41H,6,11-16,18H2,1H3/t21-,22+,26-,29?,31?,34+,35+/m1/s1. The molecule has 4 heterocycles. The van der Waals surface area contributed by atoms with Crippen LogP contribution in [0, 0.1) is 23.7 Å². The second kappa shape index (κ2) is 9.22. The van der Waals surface area contributed by atoms with E-state index in [4.69, 9.17) is 4.74 Å². The minimum atomic E-state index is -1.80. The molecule has 3 aliphatic heterocycles. The number of nitrogens with one attached hydrogen (secondary N) is 1. The Kier molecular flexibility index (Phi) is 5.73. The summed E-state index contributed by atoms with van der Waals surface area (Å²) in [5, 5.41) is 13.4. The third kappa shape index (κ3) is 3.69. The highest BCUT2D eigenvalue weighted by Crippen LogP contribution is 2.53. The summed E-state index contributed by atoms with van der Waals surface area (Å²) in [6.07, 6.45) is 8.41. The minimum absolute atomic E-state index is 0.0414. The lowest BCUT2D eigenvalue weighted by atomic mass is 9.69. The average Bonchev–Trinajstić information content (AvgIpc) is 3.69. The van der Waals surface area contributed by atoms with Crippen LogP contribution in [0.3, 0.4) is 0 Å². The van der Waals surface area contributed by atoms with Crippen LogP contribution in [0.25, 0.3) is 16.5 Å². The van der Waals surface area contributed by atoms with Crippen LogP contribution in [-0.2, 0) is 32.0 Å². The lowest BCUT2D eigenvalue weighted by molar-refractivity contribution is -0.277. The Morgan fingerprint density at radius 1 is 1.10 bits per heavy atom. The number of carbonyl (C=O) groups excluding carboxylic acids is 3. The Labute approximate surface area is 244 Å². The Balaban J connectivity index is 1.10. The van der Waals surface area contributed by atoms with Crippen molar-refractivity contribution in [3.63, 3.8) is 0 Å². The summed E-state index contributed by atoms with van der Waals surface area (Å²) in [5.41, 5.74) is 4.32. The summed E-state index contributed by atoms with van der Waals surface area (Å²) >= 11 is 0. The van der Waals surface area contributed by atoms with Crippen LogP contribution in [0.2, 0.25) is 0 Å². The summed E-state index contributed by atoms with van der Waals surface area (Å²) in [6, 6.07) is 15.3. The second-order valence-electron chi connectivity index (χ2n) is 13.3. The molecule has 0 saturated carbocycles. The Hall–Kier alpha value is -3.55. The zero-order chi connectivity index (χ0) is 28.8. The van der Waals surface area contributed by atoms with Gasteiger partial charge in [-0.2, -0.15) is 0 Å². The van der Waals surface area contributed by atoms with Gasteiger partial charge >= 0.3 is 0 Å². The van der Waals surface area contributed by atoms with Gasteiger partial charge in [-0.15, -0.1) is 0 Å². The molecule has 7 heteroatoms. The van der Waals surface area contributed by atoms with Crippen LogP contribution in [0.5, 0.6) is 0 Å². The van der Waals surface area contributed by atoms with Crippen LogP contribution in [-0.4, -0.2) is 56.4 Å². The number of amides is 1. The van der Waals surface area contributed by atoms with Gasteiger partial charge in [0.1, 0.15) is 11.4 Å². The predicted octanol–water partition coefficient (Wildman–Crippen LogP) is 4.62. The maximum atomic E-state index is 14.3. The van der Waals surface area contributed by atoms with Gasteiger partial charge in [-0.3, -0.25) is 14.4 Å². The van der Waals surface area contributed by atoms with E-state index in [9.17, 15) is 19.5 Å². The van der Waals surface area contributed by atoms with Crippen molar-refractivity contribution in [1.29, 1.82) is 0 Å². The number of aromatic nitrogens is 1. The Morgan fingerprint density at radius 2 is 1.93 bits per heavy atom. The number of hydrogen-bond donors (Lipinski definition) is 2. The first-order valence-electron chi connectivity index (χ1n) is 15.4. The van der Waals surface area contributed by atoms with Gasteiger partial charge in [-0.1, -0.05) is 48.5 Å². The number of aromatic amines is 1. The number of piperidine rings is 1. The highest BCUT2D eigenvalue weighted by Gasteiger charge is 2.70. The van der Waals surface area contributed by atoms with Crippen LogP contribution in [0.15, 0.2) is 60.8 Å². The van der Waals surface area contributed by atoms with Crippen molar-refractivity contribution in [3.8, 4) is 0 Å². The molecule has 8 rings (SSSR count). The van der Waals surface area contributed by atoms with E-state index in [1.165, 1.54) is 22.1 Å². The largest absolute Gasteiger partial charge is 0.363 e. The van der Waals surface area contributed by atoms with E-state index in [-0.39, 0.29) is 29.8 Å². The van der Waals surface area contributed by atoms with Crippen LogP contribution >= 0.6 is 0 Å². The van der Waals surface area contributed by atoms with Gasteiger partial charge in [0, 0.05) is 36.0 Å². The maximum Gasteiger partial charge on any atom is 0.227 e. The lowest BCUT2D eigenvalue weighted by Crippen LogP contribution is -2.64. The number of benzene rings is 2. The molecule has 3 aromatic rings. The molecular formula is C35H36N2O5. The number of allylic oxidation sites excluding steroid dienone is 2. The van der Waals surface area contributed by atoms with Gasteiger partial charge in [0.05, 0.1) is 17.9 Å². The summed E-state index contributed by atoms with van der Waals surface area (Å²) < 4.78 is 6.40. The first-order chi connectivity index (χ1) is 20.3. The second-order valence-corrected chi connectivity index (χ2v) is 13.3. The number of H-pyrrole nitrogens is 1. The van der Waals surface area contributed by atoms with Crippen molar-refractivity contribution in [1.82, 2.24) is 9.88 Å². The van der Waals surface area contributed by atoms with E-state index in [0.717, 1.165) is 36.8 Å². The van der Waals surface area contributed by atoms with E-state index >= 15 is 0 Å². The molecule has 2 N–H and O–H groups in total. The summed E-state index contributed by atoms with van der Waals surface area (Å²) in [4.78, 5) is 47.0. The monoisotopic (exact) mass is 564 g/mol. The molecule has 2 aliphatic carbocycles. The fraction of sp³-hybridized carbons (Fsp3) is 0.457. The van der Waals surface area contributed by atoms with Gasteiger partial charge in [-0.25, -0.2) is 0 Å². The van der Waals surface area contributed by atoms with E-state index in [1.54, 1.807) is 11.8 Å². The van der Waals surface area contributed by atoms with Crippen LogP contribution < -0.4 is 0 Å². The first kappa shape index (κ1) is 26.1. The van der Waals surface area contributed by atoms with Crippen molar-refractivity contribution in [3.05, 3.63) is 77.5 Å².